The highest BCUT2D eigenvalue weighted by atomic mass is 35.5. The van der Waals surface area contributed by atoms with Crippen LogP contribution in [0.3, 0.4) is 0 Å². The Kier molecular flexibility index (Phi) is 5.56. The van der Waals surface area contributed by atoms with Gasteiger partial charge in [0, 0.05) is 16.0 Å². The molecule has 0 aliphatic carbocycles. The molecule has 0 heterocycles. The highest BCUT2D eigenvalue weighted by Crippen LogP contribution is 2.24. The van der Waals surface area contributed by atoms with Crippen molar-refractivity contribution in [2.24, 2.45) is 0 Å². The van der Waals surface area contributed by atoms with Crippen molar-refractivity contribution in [3.05, 3.63) is 76.8 Å². The Hall–Kier alpha value is -1.18. The Morgan fingerprint density at radius 3 is 2.47 bits per heavy atom. The van der Waals surface area contributed by atoms with Crippen molar-refractivity contribution >= 4 is 29.4 Å². The largest absolute Gasteiger partial charge is 0.150 e. The van der Waals surface area contributed by atoms with Crippen LogP contribution in [0.1, 0.15) is 18.1 Å². The molecule has 0 nitrogen and oxygen atoms in total. The molecule has 0 saturated carbocycles. The molecule has 0 aliphatic heterocycles. The number of hydrogen-bond acceptors (Lipinski definition) is 1. The van der Waals surface area contributed by atoms with Crippen LogP contribution in [0.2, 0.25) is 5.02 Å². The maximum absolute atomic E-state index is 6.15. The zero-order valence-corrected chi connectivity index (χ0v) is 12.5. The molecule has 0 bridgehead atoms. The first kappa shape index (κ1) is 14.2. The summed E-state index contributed by atoms with van der Waals surface area (Å²) in [5.74, 6) is 0.944. The molecule has 0 N–H and O–H groups in total. The smallest absolute Gasteiger partial charge is 0.0446 e. The number of hydrogen-bond donors (Lipinski definition) is 0. The van der Waals surface area contributed by atoms with Crippen molar-refractivity contribution in [1.29, 1.82) is 0 Å². The van der Waals surface area contributed by atoms with Gasteiger partial charge in [-0.1, -0.05) is 72.3 Å². The van der Waals surface area contributed by atoms with E-state index in [0.29, 0.717) is 5.25 Å². The van der Waals surface area contributed by atoms with Gasteiger partial charge in [-0.15, -0.1) is 11.8 Å². The van der Waals surface area contributed by atoms with Gasteiger partial charge in [-0.3, -0.25) is 0 Å². The van der Waals surface area contributed by atoms with E-state index in [2.05, 4.69) is 49.4 Å². The van der Waals surface area contributed by atoms with Crippen LogP contribution < -0.4 is 0 Å². The summed E-state index contributed by atoms with van der Waals surface area (Å²) < 4.78 is 0. The van der Waals surface area contributed by atoms with Gasteiger partial charge in [0.2, 0.25) is 0 Å². The molecule has 98 valence electrons. The molecule has 0 saturated heterocycles. The number of halogens is 1. The van der Waals surface area contributed by atoms with Crippen molar-refractivity contribution in [3.63, 3.8) is 0 Å². The zero-order valence-electron chi connectivity index (χ0n) is 10.9. The summed E-state index contributed by atoms with van der Waals surface area (Å²) in [6.07, 6.45) is 4.40. The van der Waals surface area contributed by atoms with E-state index in [0.717, 1.165) is 10.8 Å². The molecule has 1 unspecified atom stereocenters. The summed E-state index contributed by atoms with van der Waals surface area (Å²) in [6.45, 7) is 2.21. The molecule has 0 aromatic heterocycles. The van der Waals surface area contributed by atoms with E-state index < -0.39 is 0 Å². The van der Waals surface area contributed by atoms with Crippen molar-refractivity contribution < 1.29 is 0 Å². The van der Waals surface area contributed by atoms with Crippen LogP contribution in [0.25, 0.3) is 6.08 Å². The lowest BCUT2D eigenvalue weighted by atomic mass is 10.2. The van der Waals surface area contributed by atoms with Gasteiger partial charge in [-0.25, -0.2) is 0 Å². The fraction of sp³-hybridized carbons (Fsp3) is 0.176. The number of benzene rings is 2. The molecular weight excluding hydrogens is 272 g/mol. The minimum absolute atomic E-state index is 0.469. The molecule has 1 atom stereocenters. The SMILES string of the molecule is CC(/C=C/c1ccccc1)SCc1ccccc1Cl. The summed E-state index contributed by atoms with van der Waals surface area (Å²) in [7, 11) is 0. The van der Waals surface area contributed by atoms with Gasteiger partial charge in [0.25, 0.3) is 0 Å². The highest BCUT2D eigenvalue weighted by molar-refractivity contribution is 7.99. The average Bonchev–Trinajstić information content (AvgIpc) is 2.45. The van der Waals surface area contributed by atoms with Gasteiger partial charge < -0.3 is 0 Å². The van der Waals surface area contributed by atoms with Gasteiger partial charge >= 0.3 is 0 Å². The van der Waals surface area contributed by atoms with Crippen molar-refractivity contribution in [1.82, 2.24) is 0 Å². The number of thioether (sulfide) groups is 1. The monoisotopic (exact) mass is 288 g/mol. The molecule has 2 aromatic rings. The molecule has 2 rings (SSSR count). The predicted octanol–water partition coefficient (Wildman–Crippen LogP) is 5.68. The van der Waals surface area contributed by atoms with E-state index in [1.54, 1.807) is 0 Å². The summed E-state index contributed by atoms with van der Waals surface area (Å²) in [6, 6.07) is 18.4. The van der Waals surface area contributed by atoms with Crippen molar-refractivity contribution in [3.8, 4) is 0 Å². The van der Waals surface area contributed by atoms with E-state index in [1.807, 2.05) is 36.0 Å². The molecule has 0 radical (unpaired) electrons. The van der Waals surface area contributed by atoms with Gasteiger partial charge in [-0.05, 0) is 24.1 Å². The fourth-order valence-corrected chi connectivity index (χ4v) is 2.87. The van der Waals surface area contributed by atoms with Crippen molar-refractivity contribution in [2.75, 3.05) is 0 Å². The van der Waals surface area contributed by atoms with Crippen LogP contribution in [0.4, 0.5) is 0 Å². The van der Waals surface area contributed by atoms with E-state index >= 15 is 0 Å². The summed E-state index contributed by atoms with van der Waals surface area (Å²) in [4.78, 5) is 0. The molecule has 19 heavy (non-hydrogen) atoms. The van der Waals surface area contributed by atoms with Crippen LogP contribution in [0.5, 0.6) is 0 Å². The second-order valence-corrected chi connectivity index (χ2v) is 6.15. The van der Waals surface area contributed by atoms with Gasteiger partial charge in [0.1, 0.15) is 0 Å². The molecule has 2 heteroatoms. The first-order chi connectivity index (χ1) is 9.25. The number of rotatable bonds is 5. The van der Waals surface area contributed by atoms with Crippen LogP contribution in [-0.4, -0.2) is 5.25 Å². The Morgan fingerprint density at radius 2 is 1.74 bits per heavy atom. The highest BCUT2D eigenvalue weighted by Gasteiger charge is 2.02. The van der Waals surface area contributed by atoms with Crippen LogP contribution >= 0.6 is 23.4 Å². The zero-order chi connectivity index (χ0) is 13.5. The topological polar surface area (TPSA) is 0 Å². The predicted molar refractivity (Wildman–Crippen MR) is 87.7 cm³/mol. The average molecular weight is 289 g/mol. The maximum atomic E-state index is 6.15. The third-order valence-corrected chi connectivity index (χ3v) is 4.35. The van der Waals surface area contributed by atoms with Crippen LogP contribution in [0, 0.1) is 0 Å². The van der Waals surface area contributed by atoms with E-state index in [-0.39, 0.29) is 0 Å². The molecule has 0 amide bonds. The Bertz CT molecular complexity index is 534. The lowest BCUT2D eigenvalue weighted by molar-refractivity contribution is 1.24. The van der Waals surface area contributed by atoms with Crippen molar-refractivity contribution in [2.45, 2.75) is 17.9 Å². The summed E-state index contributed by atoms with van der Waals surface area (Å²) in [5, 5.41) is 1.32. The lowest BCUT2D eigenvalue weighted by Gasteiger charge is -2.07. The first-order valence-corrected chi connectivity index (χ1v) is 7.76. The third kappa shape index (κ3) is 4.77. The molecule has 2 aromatic carbocycles. The standard InChI is InChI=1S/C17H17ClS/c1-14(11-12-15-7-3-2-4-8-15)19-13-16-9-5-6-10-17(16)18/h2-12,14H,13H2,1H3/b12-11+. The van der Waals surface area contributed by atoms with Crippen LogP contribution in [0.15, 0.2) is 60.7 Å². The molecule has 0 fully saturated rings. The molecule has 0 aliphatic rings. The lowest BCUT2D eigenvalue weighted by Crippen LogP contribution is -1.92. The Balaban J connectivity index is 1.87. The minimum atomic E-state index is 0.469. The Labute approximate surface area is 124 Å². The third-order valence-electron chi connectivity index (χ3n) is 2.82. The quantitative estimate of drug-likeness (QED) is 0.682. The van der Waals surface area contributed by atoms with E-state index in [1.165, 1.54) is 11.1 Å². The normalized spacial score (nSPS) is 12.7. The van der Waals surface area contributed by atoms with E-state index in [9.17, 15) is 0 Å². The maximum Gasteiger partial charge on any atom is 0.0446 e. The summed E-state index contributed by atoms with van der Waals surface area (Å²) in [5.41, 5.74) is 2.45. The second kappa shape index (κ2) is 7.42. The van der Waals surface area contributed by atoms with Gasteiger partial charge in [0.05, 0.1) is 0 Å². The minimum Gasteiger partial charge on any atom is -0.150 e. The van der Waals surface area contributed by atoms with E-state index in [4.69, 9.17) is 11.6 Å². The molecular formula is C17H17ClS. The first-order valence-electron chi connectivity index (χ1n) is 6.34. The van der Waals surface area contributed by atoms with Gasteiger partial charge in [0.15, 0.2) is 0 Å². The Morgan fingerprint density at radius 1 is 1.05 bits per heavy atom. The van der Waals surface area contributed by atoms with Gasteiger partial charge in [-0.2, -0.15) is 0 Å². The second-order valence-electron chi connectivity index (χ2n) is 4.38. The van der Waals surface area contributed by atoms with Crippen LogP contribution in [-0.2, 0) is 5.75 Å². The summed E-state index contributed by atoms with van der Waals surface area (Å²) >= 11 is 8.04. The molecule has 0 spiro atoms. The fourth-order valence-electron chi connectivity index (χ4n) is 1.70.